The number of halogens is 1. The molecule has 0 aliphatic rings. The molecular formula is C26H25BrN5O5S+. The average molecular weight is 599 g/mol. The Balaban J connectivity index is 1.52. The number of benzene rings is 3. The number of carbonyl (C=O) groups is 1. The van der Waals surface area contributed by atoms with Crippen LogP contribution in [0.25, 0.3) is 17.1 Å². The molecule has 0 saturated carbocycles. The van der Waals surface area contributed by atoms with Crippen LogP contribution in [-0.4, -0.2) is 54.5 Å². The van der Waals surface area contributed by atoms with E-state index in [1.54, 1.807) is 26.4 Å². The standard InChI is InChI=1S/C26H24BrN5O5S/c1-35-20-10-9-17(13-21(20)36-2)25-30-31-26(32(25)18-7-5-4-6-8-18)38-15-23(33)29-28-14-16-11-19(27)24(34)22(12-16)37-3/h4-14H,15H2,1-3H3,(H2,28,29,33,34)/p+1. The molecule has 1 aromatic heterocycles. The van der Waals surface area contributed by atoms with Crippen LogP contribution >= 0.6 is 27.7 Å². The molecule has 0 aliphatic heterocycles. The lowest BCUT2D eigenvalue weighted by Crippen LogP contribution is -2.34. The summed E-state index contributed by atoms with van der Waals surface area (Å²) in [6.07, 6.45) is 1.46. The molecule has 0 fully saturated rings. The minimum Gasteiger partial charge on any atom is -0.503 e. The first-order chi connectivity index (χ1) is 18.4. The zero-order valence-corrected chi connectivity index (χ0v) is 23.2. The number of phenols is 1. The highest BCUT2D eigenvalue weighted by atomic mass is 79.9. The third-order valence-corrected chi connectivity index (χ3v) is 6.89. The van der Waals surface area contributed by atoms with Gasteiger partial charge in [-0.3, -0.25) is 4.79 Å². The number of rotatable bonds is 10. The Morgan fingerprint density at radius 3 is 2.53 bits per heavy atom. The first-order valence-corrected chi connectivity index (χ1v) is 13.0. The third kappa shape index (κ3) is 6.09. The van der Waals surface area contributed by atoms with Gasteiger partial charge in [0.25, 0.3) is 11.7 Å². The van der Waals surface area contributed by atoms with E-state index < -0.39 is 0 Å². The fourth-order valence-electron chi connectivity index (χ4n) is 3.55. The van der Waals surface area contributed by atoms with Gasteiger partial charge in [-0.1, -0.05) is 18.2 Å². The van der Waals surface area contributed by atoms with Gasteiger partial charge < -0.3 is 19.3 Å². The highest BCUT2D eigenvalue weighted by Gasteiger charge is 2.25. The van der Waals surface area contributed by atoms with Crippen LogP contribution in [0.1, 0.15) is 5.56 Å². The summed E-state index contributed by atoms with van der Waals surface area (Å²) in [7, 11) is 4.62. The maximum Gasteiger partial charge on any atom is 0.342 e. The number of amides is 1. The van der Waals surface area contributed by atoms with Crippen molar-refractivity contribution in [2.45, 2.75) is 5.16 Å². The number of methoxy groups -OCH3 is 3. The minimum atomic E-state index is -0.314. The highest BCUT2D eigenvalue weighted by molar-refractivity contribution is 9.10. The summed E-state index contributed by atoms with van der Waals surface area (Å²) in [5.41, 5.74) is 4.85. The molecule has 38 heavy (non-hydrogen) atoms. The molecule has 196 valence electrons. The van der Waals surface area contributed by atoms with E-state index in [9.17, 15) is 9.90 Å². The van der Waals surface area contributed by atoms with Crippen LogP contribution < -0.4 is 24.2 Å². The molecule has 0 unspecified atom stereocenters. The van der Waals surface area contributed by atoms with Crippen molar-refractivity contribution in [3.05, 3.63) is 70.7 Å². The Hall–Kier alpha value is -4.03. The van der Waals surface area contributed by atoms with Gasteiger partial charge in [-0.05, 0) is 75.7 Å². The molecule has 3 N–H and O–H groups in total. The first-order valence-electron chi connectivity index (χ1n) is 11.2. The first kappa shape index (κ1) is 27.0. The van der Waals surface area contributed by atoms with E-state index in [0.717, 1.165) is 11.3 Å². The van der Waals surface area contributed by atoms with E-state index in [4.69, 9.17) is 14.2 Å². The number of H-pyrrole nitrogens is 1. The van der Waals surface area contributed by atoms with Crippen LogP contribution in [0.15, 0.2) is 75.4 Å². The zero-order valence-electron chi connectivity index (χ0n) is 20.8. The second kappa shape index (κ2) is 12.5. The molecule has 0 aliphatic carbocycles. The van der Waals surface area contributed by atoms with Gasteiger partial charge in [0.2, 0.25) is 0 Å². The number of phenolic OH excluding ortho intramolecular Hbond substituents is 1. The van der Waals surface area contributed by atoms with Crippen LogP contribution in [0.5, 0.6) is 23.0 Å². The maximum atomic E-state index is 12.5. The van der Waals surface area contributed by atoms with E-state index in [1.807, 2.05) is 53.1 Å². The molecule has 10 nitrogen and oxygen atoms in total. The largest absolute Gasteiger partial charge is 0.503 e. The van der Waals surface area contributed by atoms with Gasteiger partial charge in [-0.2, -0.15) is 9.67 Å². The van der Waals surface area contributed by atoms with Crippen molar-refractivity contribution >= 4 is 39.8 Å². The Kier molecular flexibility index (Phi) is 8.87. The molecular weight excluding hydrogens is 574 g/mol. The third-order valence-electron chi connectivity index (χ3n) is 5.35. The molecule has 3 aromatic carbocycles. The van der Waals surface area contributed by atoms with Gasteiger partial charge in [-0.25, -0.2) is 5.43 Å². The van der Waals surface area contributed by atoms with Crippen LogP contribution in [0.4, 0.5) is 0 Å². The topological polar surface area (TPSA) is 122 Å². The lowest BCUT2D eigenvalue weighted by Gasteiger charge is -2.09. The molecule has 0 atom stereocenters. The molecule has 0 saturated heterocycles. The second-order valence-electron chi connectivity index (χ2n) is 7.73. The summed E-state index contributed by atoms with van der Waals surface area (Å²) in [6.45, 7) is 0. The minimum absolute atomic E-state index is 0.0109. The summed E-state index contributed by atoms with van der Waals surface area (Å²) in [4.78, 5) is 12.5. The predicted molar refractivity (Wildman–Crippen MR) is 147 cm³/mol. The number of nitrogens with one attached hydrogen (secondary N) is 2. The van der Waals surface area contributed by atoms with Gasteiger partial charge >= 0.3 is 5.16 Å². The number of thioether (sulfide) groups is 1. The Morgan fingerprint density at radius 1 is 1.08 bits per heavy atom. The fraction of sp³-hybridized carbons (Fsp3) is 0.154. The Bertz CT molecular complexity index is 1460. The summed E-state index contributed by atoms with van der Waals surface area (Å²) < 4.78 is 18.3. The average Bonchev–Trinajstić information content (AvgIpc) is 3.37. The van der Waals surface area contributed by atoms with Gasteiger partial charge in [0.1, 0.15) is 5.69 Å². The van der Waals surface area contributed by atoms with E-state index in [-0.39, 0.29) is 23.2 Å². The molecule has 12 heteroatoms. The SMILES string of the molecule is COc1ccc(-c2[nH]nc(SCC(=O)N/N=C/c3cc(Br)c(O)c(OC)c3)[n+]2-c2ccccc2)cc1OC. The van der Waals surface area contributed by atoms with Gasteiger partial charge in [0.15, 0.2) is 23.0 Å². The lowest BCUT2D eigenvalue weighted by molar-refractivity contribution is -0.625. The van der Waals surface area contributed by atoms with Crippen molar-refractivity contribution in [3.63, 3.8) is 0 Å². The van der Waals surface area contributed by atoms with Crippen molar-refractivity contribution in [1.82, 2.24) is 15.6 Å². The lowest BCUT2D eigenvalue weighted by atomic mass is 10.2. The van der Waals surface area contributed by atoms with Crippen molar-refractivity contribution in [3.8, 4) is 40.1 Å². The number of carbonyl (C=O) groups excluding carboxylic acids is 1. The maximum absolute atomic E-state index is 12.5. The predicted octanol–water partition coefficient (Wildman–Crippen LogP) is 4.09. The number of hydrogen-bond acceptors (Lipinski definition) is 8. The van der Waals surface area contributed by atoms with Gasteiger partial charge in [-0.15, -0.1) is 5.10 Å². The molecule has 4 aromatic rings. The van der Waals surface area contributed by atoms with E-state index >= 15 is 0 Å². The van der Waals surface area contributed by atoms with E-state index in [2.05, 4.69) is 36.7 Å². The van der Waals surface area contributed by atoms with Gasteiger partial charge in [0, 0.05) is 0 Å². The number of aromatic hydroxyl groups is 1. The highest BCUT2D eigenvalue weighted by Crippen LogP contribution is 2.35. The Morgan fingerprint density at radius 2 is 1.82 bits per heavy atom. The van der Waals surface area contributed by atoms with Crippen LogP contribution in [0.3, 0.4) is 0 Å². The molecule has 0 spiro atoms. The summed E-state index contributed by atoms with van der Waals surface area (Å²) >= 11 is 4.52. The number of aromatic nitrogens is 3. The number of aromatic amines is 1. The number of hydrazone groups is 1. The molecule has 1 amide bonds. The molecule has 0 radical (unpaired) electrons. The Labute approximate surface area is 231 Å². The number of nitrogens with zero attached hydrogens (tertiary/aromatic N) is 3. The van der Waals surface area contributed by atoms with Crippen LogP contribution in [0.2, 0.25) is 0 Å². The van der Waals surface area contributed by atoms with E-state index in [1.165, 1.54) is 25.1 Å². The van der Waals surface area contributed by atoms with E-state index in [0.29, 0.717) is 32.5 Å². The van der Waals surface area contributed by atoms with Crippen LogP contribution in [-0.2, 0) is 4.79 Å². The quantitative estimate of drug-likeness (QED) is 0.109. The van der Waals surface area contributed by atoms with Crippen molar-refractivity contribution in [2.75, 3.05) is 27.1 Å². The molecule has 0 bridgehead atoms. The van der Waals surface area contributed by atoms with Gasteiger partial charge in [0.05, 0.1) is 48.4 Å². The summed E-state index contributed by atoms with van der Waals surface area (Å²) in [5, 5.41) is 22.1. The number of ether oxygens (including phenoxy) is 3. The normalized spacial score (nSPS) is 10.9. The van der Waals surface area contributed by atoms with Crippen molar-refractivity contribution in [1.29, 1.82) is 0 Å². The molecule has 1 heterocycles. The summed E-state index contributed by atoms with van der Waals surface area (Å²) in [5.74, 6) is 1.95. The second-order valence-corrected chi connectivity index (χ2v) is 9.53. The number of hydrogen-bond donors (Lipinski definition) is 3. The van der Waals surface area contributed by atoms with Crippen molar-refractivity contribution < 1.29 is 28.7 Å². The number of para-hydroxylation sites is 1. The zero-order chi connectivity index (χ0) is 27.1. The van der Waals surface area contributed by atoms with Crippen LogP contribution in [0, 0.1) is 0 Å². The smallest absolute Gasteiger partial charge is 0.342 e. The van der Waals surface area contributed by atoms with Crippen molar-refractivity contribution in [2.24, 2.45) is 5.10 Å². The molecule has 4 rings (SSSR count). The monoisotopic (exact) mass is 598 g/mol. The summed E-state index contributed by atoms with van der Waals surface area (Å²) in [6, 6.07) is 18.6. The fourth-order valence-corrected chi connectivity index (χ4v) is 4.77.